The van der Waals surface area contributed by atoms with Gasteiger partial charge in [-0.25, -0.2) is 15.8 Å². The summed E-state index contributed by atoms with van der Waals surface area (Å²) >= 11 is 1.63. The summed E-state index contributed by atoms with van der Waals surface area (Å²) in [5, 5.41) is 1.67. The molecule has 1 aliphatic rings. The largest absolute Gasteiger partial charge is 0.263 e. The van der Waals surface area contributed by atoms with Crippen molar-refractivity contribution in [3.8, 4) is 0 Å². The van der Waals surface area contributed by atoms with E-state index < -0.39 is 0 Å². The minimum absolute atomic E-state index is 0.0355. The number of nitrogens with two attached hydrogens (primary N) is 1. The van der Waals surface area contributed by atoms with Crippen molar-refractivity contribution < 1.29 is 0 Å². The third kappa shape index (κ3) is 2.72. The Kier molecular flexibility index (Phi) is 3.78. The van der Waals surface area contributed by atoms with Gasteiger partial charge >= 0.3 is 0 Å². The van der Waals surface area contributed by atoms with Crippen LogP contribution in [-0.2, 0) is 0 Å². The van der Waals surface area contributed by atoms with Crippen LogP contribution < -0.4 is 5.84 Å². The Hall–Kier alpha value is -0.550. The van der Waals surface area contributed by atoms with E-state index in [4.69, 9.17) is 5.84 Å². The van der Waals surface area contributed by atoms with Crippen LogP contribution in [0.25, 0.3) is 0 Å². The Bertz CT molecular complexity index is 290. The molecule has 0 aromatic carbocycles. The molecule has 0 aromatic heterocycles. The lowest BCUT2D eigenvalue weighted by Gasteiger charge is -2.35. The maximum Gasteiger partial charge on any atom is 0.185 e. The van der Waals surface area contributed by atoms with E-state index in [0.717, 1.165) is 18.1 Å². The van der Waals surface area contributed by atoms with Crippen molar-refractivity contribution in [2.24, 2.45) is 21.2 Å². The molecule has 86 valence electrons. The summed E-state index contributed by atoms with van der Waals surface area (Å²) in [7, 11) is 0. The van der Waals surface area contributed by atoms with Crippen LogP contribution in [0.5, 0.6) is 0 Å². The fraction of sp³-hybridized carbons (Fsp3) is 0.800. The van der Waals surface area contributed by atoms with Gasteiger partial charge in [0.1, 0.15) is 11.7 Å². The van der Waals surface area contributed by atoms with Gasteiger partial charge in [0, 0.05) is 11.8 Å². The molecule has 1 heterocycles. The number of aliphatic imine (C=N–C) groups is 2. The highest BCUT2D eigenvalue weighted by Gasteiger charge is 2.30. The lowest BCUT2D eigenvalue weighted by Crippen LogP contribution is -2.51. The molecule has 0 saturated carbocycles. The highest BCUT2D eigenvalue weighted by atomic mass is 32.2. The number of amidine groups is 2. The Morgan fingerprint density at radius 3 is 2.47 bits per heavy atom. The Balaban J connectivity index is 3.04. The molecule has 0 spiro atoms. The molecule has 1 unspecified atom stereocenters. The first-order valence-electron chi connectivity index (χ1n) is 5.12. The van der Waals surface area contributed by atoms with Crippen LogP contribution in [0.15, 0.2) is 9.98 Å². The lowest BCUT2D eigenvalue weighted by atomic mass is 9.94. The lowest BCUT2D eigenvalue weighted by molar-refractivity contribution is 0.363. The molecule has 2 N–H and O–H groups in total. The molecule has 1 rings (SSSR count). The summed E-state index contributed by atoms with van der Waals surface area (Å²) in [5.74, 6) is 7.81. The van der Waals surface area contributed by atoms with E-state index in [1.807, 2.05) is 6.26 Å². The predicted molar refractivity (Wildman–Crippen MR) is 67.9 cm³/mol. The van der Waals surface area contributed by atoms with Crippen molar-refractivity contribution in [2.45, 2.75) is 39.6 Å². The van der Waals surface area contributed by atoms with Crippen LogP contribution in [-0.4, -0.2) is 28.4 Å². The summed E-state index contributed by atoms with van der Waals surface area (Å²) in [6, 6.07) is 0. The molecule has 1 aliphatic heterocycles. The van der Waals surface area contributed by atoms with E-state index >= 15 is 0 Å². The molecule has 0 aromatic rings. The second-order valence-corrected chi connectivity index (χ2v) is 5.45. The SMILES string of the molecule is CCC1=NC(SC)N(N)C(C(C)(C)C)=N1. The number of nitrogens with zero attached hydrogens (tertiary/aromatic N) is 3. The average Bonchev–Trinajstić information content (AvgIpc) is 2.16. The predicted octanol–water partition coefficient (Wildman–Crippen LogP) is 2.08. The normalized spacial score (nSPS) is 22.5. The minimum Gasteiger partial charge on any atom is -0.263 e. The molecular formula is C10H20N4S. The van der Waals surface area contributed by atoms with Crippen molar-refractivity contribution >= 4 is 23.4 Å². The van der Waals surface area contributed by atoms with Gasteiger partial charge in [-0.3, -0.25) is 5.01 Å². The third-order valence-corrected chi connectivity index (χ3v) is 2.93. The van der Waals surface area contributed by atoms with Crippen molar-refractivity contribution in [3.63, 3.8) is 0 Å². The minimum atomic E-state index is -0.0426. The molecule has 4 nitrogen and oxygen atoms in total. The second-order valence-electron chi connectivity index (χ2n) is 4.55. The summed E-state index contributed by atoms with van der Waals surface area (Å²) in [6.45, 7) is 8.40. The molecule has 0 bridgehead atoms. The number of hydrogen-bond acceptors (Lipinski definition) is 5. The van der Waals surface area contributed by atoms with Crippen molar-refractivity contribution in [2.75, 3.05) is 6.26 Å². The Morgan fingerprint density at radius 1 is 1.47 bits per heavy atom. The zero-order valence-corrected chi connectivity index (χ0v) is 10.9. The molecule has 0 amide bonds. The van der Waals surface area contributed by atoms with E-state index in [2.05, 4.69) is 37.7 Å². The summed E-state index contributed by atoms with van der Waals surface area (Å²) in [6.07, 6.45) is 2.86. The van der Waals surface area contributed by atoms with Crippen LogP contribution in [0.1, 0.15) is 34.1 Å². The molecule has 1 atom stereocenters. The summed E-state index contributed by atoms with van der Waals surface area (Å²) < 4.78 is 0. The smallest absolute Gasteiger partial charge is 0.185 e. The van der Waals surface area contributed by atoms with Crippen LogP contribution in [0.2, 0.25) is 0 Å². The quantitative estimate of drug-likeness (QED) is 0.736. The van der Waals surface area contributed by atoms with Gasteiger partial charge in [0.2, 0.25) is 0 Å². The van der Waals surface area contributed by atoms with Gasteiger partial charge in [0.15, 0.2) is 5.50 Å². The zero-order chi connectivity index (χ0) is 11.6. The third-order valence-electron chi connectivity index (χ3n) is 2.17. The highest BCUT2D eigenvalue weighted by Crippen LogP contribution is 2.25. The van der Waals surface area contributed by atoms with Crippen molar-refractivity contribution in [1.82, 2.24) is 5.01 Å². The molecule has 5 heteroatoms. The Labute approximate surface area is 96.0 Å². The van der Waals surface area contributed by atoms with E-state index in [0.29, 0.717) is 0 Å². The van der Waals surface area contributed by atoms with Gasteiger partial charge in [-0.15, -0.1) is 11.8 Å². The maximum absolute atomic E-state index is 6.01. The molecule has 0 saturated heterocycles. The van der Waals surface area contributed by atoms with Gasteiger partial charge < -0.3 is 0 Å². The van der Waals surface area contributed by atoms with Crippen molar-refractivity contribution in [3.05, 3.63) is 0 Å². The first-order chi connectivity index (χ1) is 6.90. The van der Waals surface area contributed by atoms with Crippen LogP contribution in [0.3, 0.4) is 0 Å². The number of rotatable bonds is 2. The van der Waals surface area contributed by atoms with Gasteiger partial charge in [0.05, 0.1) is 0 Å². The van der Waals surface area contributed by atoms with Crippen LogP contribution >= 0.6 is 11.8 Å². The second kappa shape index (κ2) is 4.53. The van der Waals surface area contributed by atoms with Gasteiger partial charge in [-0.1, -0.05) is 27.7 Å². The molecule has 0 radical (unpaired) electrons. The standard InChI is InChI=1S/C10H20N4S/c1-6-7-12-8(10(2,3)4)14(11)9(13-7)15-5/h9H,6,11H2,1-5H3. The molecule has 15 heavy (non-hydrogen) atoms. The molecular weight excluding hydrogens is 208 g/mol. The fourth-order valence-electron chi connectivity index (χ4n) is 1.39. The molecule has 0 aliphatic carbocycles. The van der Waals surface area contributed by atoms with E-state index in [1.54, 1.807) is 16.8 Å². The fourth-order valence-corrected chi connectivity index (χ4v) is 1.95. The maximum atomic E-state index is 6.01. The zero-order valence-electron chi connectivity index (χ0n) is 10.1. The van der Waals surface area contributed by atoms with Crippen LogP contribution in [0, 0.1) is 5.41 Å². The summed E-state index contributed by atoms with van der Waals surface area (Å²) in [5.41, 5.74) is -0.0781. The Morgan fingerprint density at radius 2 is 2.07 bits per heavy atom. The van der Waals surface area contributed by atoms with Gasteiger partial charge in [0.25, 0.3) is 0 Å². The number of thioether (sulfide) groups is 1. The molecule has 0 fully saturated rings. The van der Waals surface area contributed by atoms with Gasteiger partial charge in [-0.2, -0.15) is 0 Å². The highest BCUT2D eigenvalue weighted by molar-refractivity contribution is 7.99. The van der Waals surface area contributed by atoms with E-state index in [9.17, 15) is 0 Å². The monoisotopic (exact) mass is 228 g/mol. The topological polar surface area (TPSA) is 54.0 Å². The first-order valence-corrected chi connectivity index (χ1v) is 6.41. The van der Waals surface area contributed by atoms with Gasteiger partial charge in [-0.05, 0) is 6.26 Å². The first kappa shape index (κ1) is 12.5. The number of hydrazine groups is 1. The van der Waals surface area contributed by atoms with Crippen molar-refractivity contribution in [1.29, 1.82) is 0 Å². The summed E-state index contributed by atoms with van der Waals surface area (Å²) in [4.78, 5) is 8.96. The van der Waals surface area contributed by atoms with E-state index in [1.165, 1.54) is 0 Å². The average molecular weight is 228 g/mol. The number of hydrogen-bond donors (Lipinski definition) is 1. The van der Waals surface area contributed by atoms with E-state index in [-0.39, 0.29) is 10.9 Å². The van der Waals surface area contributed by atoms with Crippen LogP contribution in [0.4, 0.5) is 0 Å².